The molecule has 0 unspecified atom stereocenters. The Morgan fingerprint density at radius 2 is 1.73 bits per heavy atom. The van der Waals surface area contributed by atoms with Crippen molar-refractivity contribution in [1.82, 2.24) is 5.32 Å². The van der Waals surface area contributed by atoms with E-state index in [0.29, 0.717) is 0 Å². The summed E-state index contributed by atoms with van der Waals surface area (Å²) in [5, 5.41) is 8.26. The number of anilines is 2. The van der Waals surface area contributed by atoms with Gasteiger partial charge in [-0.3, -0.25) is 10.1 Å². The number of piperidine rings is 1. The summed E-state index contributed by atoms with van der Waals surface area (Å²) < 4.78 is 13.3. The largest absolute Gasteiger partial charge is 0.372 e. The molecule has 4 nitrogen and oxygen atoms in total. The predicted octanol–water partition coefficient (Wildman–Crippen LogP) is 5.20. The smallest absolute Gasteiger partial charge is 0.238 e. The third kappa shape index (κ3) is 5.26. The van der Waals surface area contributed by atoms with Gasteiger partial charge in [-0.25, -0.2) is 4.39 Å². The summed E-state index contributed by atoms with van der Waals surface area (Å²) in [5.41, 5.74) is 2.93. The summed E-state index contributed by atoms with van der Waals surface area (Å²) >= 11 is 1.61. The predicted molar refractivity (Wildman–Crippen MR) is 122 cm³/mol. The van der Waals surface area contributed by atoms with Crippen molar-refractivity contribution in [1.29, 1.82) is 0 Å². The molecule has 1 aliphatic heterocycles. The van der Waals surface area contributed by atoms with Crippen LogP contribution >= 0.6 is 11.3 Å². The van der Waals surface area contributed by atoms with Gasteiger partial charge in [-0.2, -0.15) is 0 Å². The van der Waals surface area contributed by atoms with E-state index in [1.807, 2.05) is 29.6 Å². The molecule has 2 heterocycles. The second-order valence-corrected chi connectivity index (χ2v) is 8.50. The van der Waals surface area contributed by atoms with Crippen molar-refractivity contribution < 1.29 is 9.18 Å². The van der Waals surface area contributed by atoms with Gasteiger partial charge in [-0.15, -0.1) is 11.3 Å². The van der Waals surface area contributed by atoms with Crippen LogP contribution in [0.5, 0.6) is 0 Å². The number of carbonyl (C=O) groups is 1. The van der Waals surface area contributed by atoms with E-state index in [0.717, 1.165) is 29.2 Å². The molecule has 0 saturated carbocycles. The zero-order valence-corrected chi connectivity index (χ0v) is 17.6. The monoisotopic (exact) mass is 423 g/mol. The first kappa shape index (κ1) is 20.6. The van der Waals surface area contributed by atoms with E-state index in [9.17, 15) is 9.18 Å². The molecule has 0 radical (unpaired) electrons. The van der Waals surface area contributed by atoms with Crippen molar-refractivity contribution in [3.05, 3.63) is 82.3 Å². The zero-order chi connectivity index (χ0) is 20.8. The third-order valence-corrected chi connectivity index (χ3v) is 6.31. The minimum atomic E-state index is -0.269. The van der Waals surface area contributed by atoms with Crippen molar-refractivity contribution >= 4 is 28.6 Å². The molecule has 3 aromatic rings. The maximum absolute atomic E-state index is 13.3. The number of amides is 1. The van der Waals surface area contributed by atoms with Gasteiger partial charge < -0.3 is 10.2 Å². The normalized spacial score (nSPS) is 15.0. The fraction of sp³-hybridized carbons (Fsp3) is 0.292. The highest BCUT2D eigenvalue weighted by Gasteiger charge is 2.17. The summed E-state index contributed by atoms with van der Waals surface area (Å²) in [4.78, 5) is 16.0. The van der Waals surface area contributed by atoms with Crippen molar-refractivity contribution in [3.63, 3.8) is 0 Å². The number of nitrogens with one attached hydrogen (secondary N) is 2. The number of thiophene rings is 1. The molecule has 1 saturated heterocycles. The Balaban J connectivity index is 1.36. The van der Waals surface area contributed by atoms with Gasteiger partial charge in [0, 0.05) is 29.3 Å². The standard InChI is InChI=1S/C24H26FN3OS/c25-19-8-6-18(7-9-19)24(22-5-4-16-30-22)26-17-23(29)27-20-10-12-21(13-11-20)28-14-2-1-3-15-28/h4-13,16,24,26H,1-3,14-15,17H2,(H,27,29)/t24-/m1/s1. The topological polar surface area (TPSA) is 44.4 Å². The van der Waals surface area contributed by atoms with Crippen molar-refractivity contribution in [2.75, 3.05) is 29.9 Å². The fourth-order valence-corrected chi connectivity index (χ4v) is 4.63. The Morgan fingerprint density at radius 3 is 2.40 bits per heavy atom. The second kappa shape index (κ2) is 9.87. The molecule has 1 aliphatic rings. The van der Waals surface area contributed by atoms with E-state index < -0.39 is 0 Å². The quantitative estimate of drug-likeness (QED) is 0.549. The average Bonchev–Trinajstić information content (AvgIpc) is 3.31. The Hall–Kier alpha value is -2.70. The van der Waals surface area contributed by atoms with Crippen LogP contribution in [0.25, 0.3) is 0 Å². The number of nitrogens with zero attached hydrogens (tertiary/aromatic N) is 1. The molecule has 2 N–H and O–H groups in total. The lowest BCUT2D eigenvalue weighted by atomic mass is 10.1. The number of hydrogen-bond acceptors (Lipinski definition) is 4. The summed E-state index contributed by atoms with van der Waals surface area (Å²) in [5.74, 6) is -0.376. The van der Waals surface area contributed by atoms with E-state index >= 15 is 0 Å². The number of halogens is 1. The Bertz CT molecular complexity index is 936. The van der Waals surface area contributed by atoms with Gasteiger partial charge in [0.05, 0.1) is 12.6 Å². The highest BCUT2D eigenvalue weighted by molar-refractivity contribution is 7.10. The summed E-state index contributed by atoms with van der Waals surface area (Å²) in [6.07, 6.45) is 3.79. The molecule has 0 aliphatic carbocycles. The minimum Gasteiger partial charge on any atom is -0.372 e. The highest BCUT2D eigenvalue weighted by Crippen LogP contribution is 2.26. The van der Waals surface area contributed by atoms with Gasteiger partial charge in [-0.1, -0.05) is 18.2 Å². The molecule has 4 rings (SSSR count). The van der Waals surface area contributed by atoms with Crippen LogP contribution in [0.4, 0.5) is 15.8 Å². The molecule has 30 heavy (non-hydrogen) atoms. The van der Waals surface area contributed by atoms with Gasteiger partial charge >= 0.3 is 0 Å². The molecular formula is C24H26FN3OS. The lowest BCUT2D eigenvalue weighted by Crippen LogP contribution is -2.31. The molecule has 1 aromatic heterocycles. The minimum absolute atomic E-state index is 0.107. The van der Waals surface area contributed by atoms with Crippen LogP contribution < -0.4 is 15.5 Å². The van der Waals surface area contributed by atoms with E-state index in [-0.39, 0.29) is 24.3 Å². The van der Waals surface area contributed by atoms with Gasteiger partial charge in [-0.05, 0) is 72.7 Å². The van der Waals surface area contributed by atoms with E-state index in [1.165, 1.54) is 37.1 Å². The fourth-order valence-electron chi connectivity index (χ4n) is 3.80. The first-order valence-corrected chi connectivity index (χ1v) is 11.2. The van der Waals surface area contributed by atoms with Crippen LogP contribution in [0.3, 0.4) is 0 Å². The van der Waals surface area contributed by atoms with Crippen LogP contribution in [0.1, 0.15) is 35.7 Å². The maximum Gasteiger partial charge on any atom is 0.238 e. The van der Waals surface area contributed by atoms with Crippen LogP contribution in [-0.4, -0.2) is 25.5 Å². The third-order valence-electron chi connectivity index (χ3n) is 5.37. The Kier molecular flexibility index (Phi) is 6.77. The van der Waals surface area contributed by atoms with Gasteiger partial charge in [0.2, 0.25) is 5.91 Å². The lowest BCUT2D eigenvalue weighted by Gasteiger charge is -2.28. The van der Waals surface area contributed by atoms with E-state index in [4.69, 9.17) is 0 Å². The van der Waals surface area contributed by atoms with Crippen molar-refractivity contribution in [2.24, 2.45) is 0 Å². The molecule has 156 valence electrons. The molecule has 2 aromatic carbocycles. The highest BCUT2D eigenvalue weighted by atomic mass is 32.1. The van der Waals surface area contributed by atoms with E-state index in [2.05, 4.69) is 27.7 Å². The number of rotatable bonds is 7. The molecule has 0 bridgehead atoms. The van der Waals surface area contributed by atoms with Crippen LogP contribution in [0.15, 0.2) is 66.0 Å². The van der Waals surface area contributed by atoms with Gasteiger partial charge in [0.15, 0.2) is 0 Å². The SMILES string of the molecule is O=C(CN[C@H](c1ccc(F)cc1)c1cccs1)Nc1ccc(N2CCCCC2)cc1. The molecule has 0 spiro atoms. The van der Waals surface area contributed by atoms with Crippen LogP contribution in [-0.2, 0) is 4.79 Å². The molecular weight excluding hydrogens is 397 g/mol. The van der Waals surface area contributed by atoms with Gasteiger partial charge in [0.25, 0.3) is 0 Å². The molecule has 1 atom stereocenters. The number of hydrogen-bond donors (Lipinski definition) is 2. The molecule has 1 fully saturated rings. The second-order valence-electron chi connectivity index (χ2n) is 7.52. The average molecular weight is 424 g/mol. The lowest BCUT2D eigenvalue weighted by molar-refractivity contribution is -0.115. The summed E-state index contributed by atoms with van der Waals surface area (Å²) in [6, 6.07) is 18.3. The van der Waals surface area contributed by atoms with Crippen LogP contribution in [0.2, 0.25) is 0 Å². The van der Waals surface area contributed by atoms with Crippen molar-refractivity contribution in [3.8, 4) is 0 Å². The number of carbonyl (C=O) groups excluding carboxylic acids is 1. The van der Waals surface area contributed by atoms with Crippen molar-refractivity contribution in [2.45, 2.75) is 25.3 Å². The molecule has 1 amide bonds. The Labute approximate surface area is 180 Å². The van der Waals surface area contributed by atoms with Gasteiger partial charge in [0.1, 0.15) is 5.82 Å². The summed E-state index contributed by atoms with van der Waals surface area (Å²) in [6.45, 7) is 2.36. The first-order chi connectivity index (χ1) is 14.7. The zero-order valence-electron chi connectivity index (χ0n) is 16.8. The molecule has 6 heteroatoms. The summed E-state index contributed by atoms with van der Waals surface area (Å²) in [7, 11) is 0. The van der Waals surface area contributed by atoms with Crippen LogP contribution in [0, 0.1) is 5.82 Å². The van der Waals surface area contributed by atoms with E-state index in [1.54, 1.807) is 23.5 Å². The maximum atomic E-state index is 13.3. The number of benzene rings is 2. The first-order valence-electron chi connectivity index (χ1n) is 10.4. The Morgan fingerprint density at radius 1 is 1.00 bits per heavy atom.